The topological polar surface area (TPSA) is 61.4 Å². The Labute approximate surface area is 133 Å². The normalized spacial score (nSPS) is 10.8. The molecule has 122 valence electrons. The van der Waals surface area contributed by atoms with Crippen molar-refractivity contribution in [3.63, 3.8) is 0 Å². The van der Waals surface area contributed by atoms with Gasteiger partial charge >= 0.3 is 0 Å². The van der Waals surface area contributed by atoms with E-state index in [1.165, 1.54) is 0 Å². The largest absolute Gasteiger partial charge is 0.352 e. The maximum atomic E-state index is 11.9. The van der Waals surface area contributed by atoms with Gasteiger partial charge in [0, 0.05) is 30.8 Å². The molecule has 1 aromatic carbocycles. The van der Waals surface area contributed by atoms with Gasteiger partial charge < -0.3 is 15.5 Å². The van der Waals surface area contributed by atoms with Gasteiger partial charge in [-0.3, -0.25) is 9.59 Å². The summed E-state index contributed by atoms with van der Waals surface area (Å²) in [5.74, 6) is 0.349. The number of carbonyl (C=O) groups excluding carboxylic acids is 2. The van der Waals surface area contributed by atoms with E-state index in [0.717, 1.165) is 13.0 Å². The standard InChI is InChI=1S/C17H27N3O2/c1-13(2)9-10-18-16(21)14-5-7-15(8-6-14)17(22)19-11-12-20(3)4/h5-8,13H,9-12H2,1-4H3,(H,18,21)(H,19,22). The van der Waals surface area contributed by atoms with Crippen molar-refractivity contribution in [1.29, 1.82) is 0 Å². The van der Waals surface area contributed by atoms with Crippen LogP contribution in [0.2, 0.25) is 0 Å². The Hall–Kier alpha value is -1.88. The molecule has 0 aliphatic carbocycles. The fraction of sp³-hybridized carbons (Fsp3) is 0.529. The van der Waals surface area contributed by atoms with Crippen LogP contribution in [0.3, 0.4) is 0 Å². The molecule has 0 aromatic heterocycles. The van der Waals surface area contributed by atoms with E-state index >= 15 is 0 Å². The molecule has 0 radical (unpaired) electrons. The number of hydrogen-bond donors (Lipinski definition) is 2. The highest BCUT2D eigenvalue weighted by Gasteiger charge is 2.08. The minimum absolute atomic E-state index is 0.0970. The summed E-state index contributed by atoms with van der Waals surface area (Å²) in [6.07, 6.45) is 0.956. The van der Waals surface area contributed by atoms with E-state index in [-0.39, 0.29) is 11.8 Å². The first-order chi connectivity index (χ1) is 10.4. The van der Waals surface area contributed by atoms with Crippen LogP contribution >= 0.6 is 0 Å². The first-order valence-electron chi connectivity index (χ1n) is 7.71. The molecule has 2 amide bonds. The van der Waals surface area contributed by atoms with Crippen LogP contribution in [0.4, 0.5) is 0 Å². The third-order valence-corrected chi connectivity index (χ3v) is 3.26. The molecule has 1 rings (SSSR count). The van der Waals surface area contributed by atoms with Gasteiger partial charge in [0.05, 0.1) is 0 Å². The zero-order valence-electron chi connectivity index (χ0n) is 14.0. The molecule has 5 heteroatoms. The molecule has 22 heavy (non-hydrogen) atoms. The zero-order chi connectivity index (χ0) is 16.5. The fourth-order valence-corrected chi connectivity index (χ4v) is 1.84. The lowest BCUT2D eigenvalue weighted by Gasteiger charge is -2.11. The third kappa shape index (κ3) is 6.72. The molecule has 0 bridgehead atoms. The van der Waals surface area contributed by atoms with Crippen LogP contribution in [0.5, 0.6) is 0 Å². The smallest absolute Gasteiger partial charge is 0.251 e. The molecule has 0 saturated heterocycles. The van der Waals surface area contributed by atoms with E-state index in [2.05, 4.69) is 24.5 Å². The molecule has 0 aliphatic heterocycles. The van der Waals surface area contributed by atoms with Crippen LogP contribution in [0.15, 0.2) is 24.3 Å². The molecule has 0 unspecified atom stereocenters. The van der Waals surface area contributed by atoms with Crippen molar-refractivity contribution in [3.05, 3.63) is 35.4 Å². The van der Waals surface area contributed by atoms with Crippen molar-refractivity contribution in [3.8, 4) is 0 Å². The van der Waals surface area contributed by atoms with Gasteiger partial charge in [0.25, 0.3) is 11.8 Å². The molecule has 2 N–H and O–H groups in total. The monoisotopic (exact) mass is 305 g/mol. The Bertz CT molecular complexity index is 436. The van der Waals surface area contributed by atoms with E-state index in [1.807, 2.05) is 19.0 Å². The predicted molar refractivity (Wildman–Crippen MR) is 89.1 cm³/mol. The van der Waals surface area contributed by atoms with Crippen LogP contribution in [-0.4, -0.2) is 50.4 Å². The van der Waals surface area contributed by atoms with Crippen LogP contribution in [-0.2, 0) is 0 Å². The summed E-state index contributed by atoms with van der Waals surface area (Å²) < 4.78 is 0. The lowest BCUT2D eigenvalue weighted by molar-refractivity contribution is 0.0939. The van der Waals surface area contributed by atoms with E-state index in [1.54, 1.807) is 24.3 Å². The van der Waals surface area contributed by atoms with Crippen molar-refractivity contribution in [2.75, 3.05) is 33.7 Å². The number of rotatable bonds is 8. The molecule has 5 nitrogen and oxygen atoms in total. The summed E-state index contributed by atoms with van der Waals surface area (Å²) in [6.45, 7) is 6.31. The summed E-state index contributed by atoms with van der Waals surface area (Å²) in [5.41, 5.74) is 1.14. The summed E-state index contributed by atoms with van der Waals surface area (Å²) in [6, 6.07) is 6.74. The molecule has 0 aliphatic rings. The average molecular weight is 305 g/mol. The van der Waals surface area contributed by atoms with E-state index < -0.39 is 0 Å². The lowest BCUT2D eigenvalue weighted by atomic mass is 10.1. The average Bonchev–Trinajstić information content (AvgIpc) is 2.46. The van der Waals surface area contributed by atoms with Gasteiger partial charge in [0.15, 0.2) is 0 Å². The minimum Gasteiger partial charge on any atom is -0.352 e. The van der Waals surface area contributed by atoms with Gasteiger partial charge in [-0.05, 0) is 50.7 Å². The first kappa shape index (κ1) is 18.2. The maximum Gasteiger partial charge on any atom is 0.251 e. The Morgan fingerprint density at radius 1 is 0.955 bits per heavy atom. The van der Waals surface area contributed by atoms with Gasteiger partial charge in [-0.25, -0.2) is 0 Å². The van der Waals surface area contributed by atoms with Gasteiger partial charge in [0.1, 0.15) is 0 Å². The maximum absolute atomic E-state index is 11.9. The van der Waals surface area contributed by atoms with Gasteiger partial charge in [0.2, 0.25) is 0 Å². The van der Waals surface area contributed by atoms with Crippen LogP contribution in [0.1, 0.15) is 41.0 Å². The number of hydrogen-bond acceptors (Lipinski definition) is 3. The fourth-order valence-electron chi connectivity index (χ4n) is 1.84. The first-order valence-corrected chi connectivity index (χ1v) is 7.71. The second-order valence-corrected chi connectivity index (χ2v) is 6.07. The van der Waals surface area contributed by atoms with E-state index in [4.69, 9.17) is 0 Å². The number of amides is 2. The second kappa shape index (κ2) is 9.20. The zero-order valence-corrected chi connectivity index (χ0v) is 14.0. The minimum atomic E-state index is -0.117. The predicted octanol–water partition coefficient (Wildman–Crippen LogP) is 1.75. The van der Waals surface area contributed by atoms with Gasteiger partial charge in [-0.1, -0.05) is 13.8 Å². The molecule has 0 fully saturated rings. The lowest BCUT2D eigenvalue weighted by Crippen LogP contribution is -2.31. The Balaban J connectivity index is 2.48. The van der Waals surface area contributed by atoms with E-state index in [0.29, 0.717) is 30.1 Å². The molecular weight excluding hydrogens is 278 g/mol. The molecule has 0 heterocycles. The molecule has 1 aromatic rings. The highest BCUT2D eigenvalue weighted by atomic mass is 16.2. The van der Waals surface area contributed by atoms with Crippen LogP contribution < -0.4 is 10.6 Å². The van der Waals surface area contributed by atoms with Crippen LogP contribution in [0, 0.1) is 5.92 Å². The summed E-state index contributed by atoms with van der Waals surface area (Å²) >= 11 is 0. The van der Waals surface area contributed by atoms with Gasteiger partial charge in [-0.15, -0.1) is 0 Å². The quantitative estimate of drug-likeness (QED) is 0.769. The third-order valence-electron chi connectivity index (χ3n) is 3.26. The molecule has 0 saturated carbocycles. The van der Waals surface area contributed by atoms with Crippen LogP contribution in [0.25, 0.3) is 0 Å². The molecule has 0 atom stereocenters. The van der Waals surface area contributed by atoms with Crippen molar-refractivity contribution in [2.45, 2.75) is 20.3 Å². The number of likely N-dealkylation sites (N-methyl/N-ethyl adjacent to an activating group) is 1. The number of nitrogens with zero attached hydrogens (tertiary/aromatic N) is 1. The summed E-state index contributed by atoms with van der Waals surface area (Å²) in [5, 5.41) is 5.73. The van der Waals surface area contributed by atoms with E-state index in [9.17, 15) is 9.59 Å². The Morgan fingerprint density at radius 2 is 1.41 bits per heavy atom. The SMILES string of the molecule is CC(C)CCNC(=O)c1ccc(C(=O)NCCN(C)C)cc1. The van der Waals surface area contributed by atoms with Gasteiger partial charge in [-0.2, -0.15) is 0 Å². The van der Waals surface area contributed by atoms with Crippen molar-refractivity contribution in [1.82, 2.24) is 15.5 Å². The van der Waals surface area contributed by atoms with Crippen molar-refractivity contribution < 1.29 is 9.59 Å². The molecule has 0 spiro atoms. The van der Waals surface area contributed by atoms with Crippen molar-refractivity contribution >= 4 is 11.8 Å². The highest BCUT2D eigenvalue weighted by molar-refractivity contribution is 5.97. The summed E-state index contributed by atoms with van der Waals surface area (Å²) in [7, 11) is 3.91. The number of benzene rings is 1. The second-order valence-electron chi connectivity index (χ2n) is 6.07. The van der Waals surface area contributed by atoms with Crippen molar-refractivity contribution in [2.24, 2.45) is 5.92 Å². The summed E-state index contributed by atoms with van der Waals surface area (Å²) in [4.78, 5) is 25.9. The molecular formula is C17H27N3O2. The highest BCUT2D eigenvalue weighted by Crippen LogP contribution is 2.05. The Morgan fingerprint density at radius 3 is 1.82 bits per heavy atom. The Kier molecular flexibility index (Phi) is 7.60. The number of nitrogens with one attached hydrogen (secondary N) is 2. The number of carbonyl (C=O) groups is 2.